The maximum Gasteiger partial charge on any atom is 0.325 e. The number of benzene rings is 1. The van der Waals surface area contributed by atoms with Crippen molar-refractivity contribution in [1.29, 1.82) is 0 Å². The van der Waals surface area contributed by atoms with Crippen molar-refractivity contribution in [3.05, 3.63) is 33.9 Å². The molecule has 1 aromatic carbocycles. The van der Waals surface area contributed by atoms with E-state index in [4.69, 9.17) is 4.74 Å². The summed E-state index contributed by atoms with van der Waals surface area (Å²) in [5, 5.41) is 16.5. The Bertz CT molecular complexity index is 628. The van der Waals surface area contributed by atoms with Gasteiger partial charge in [-0.05, 0) is 33.8 Å². The van der Waals surface area contributed by atoms with Gasteiger partial charge in [0.2, 0.25) is 5.91 Å². The molecule has 0 radical (unpaired) electrons. The molecule has 0 heterocycles. The quantitative estimate of drug-likeness (QED) is 0.427. The molecule has 0 unspecified atom stereocenters. The highest BCUT2D eigenvalue weighted by molar-refractivity contribution is 5.92. The van der Waals surface area contributed by atoms with E-state index < -0.39 is 10.5 Å². The van der Waals surface area contributed by atoms with Gasteiger partial charge < -0.3 is 15.4 Å². The summed E-state index contributed by atoms with van der Waals surface area (Å²) in [5.74, 6) is -0.689. The number of nitro groups is 1. The van der Waals surface area contributed by atoms with Crippen molar-refractivity contribution in [3.8, 4) is 0 Å². The second kappa shape index (κ2) is 8.39. The molecule has 0 aliphatic carbocycles. The van der Waals surface area contributed by atoms with E-state index in [-0.39, 0.29) is 37.1 Å². The van der Waals surface area contributed by atoms with Crippen molar-refractivity contribution in [2.45, 2.75) is 39.7 Å². The highest BCUT2D eigenvalue weighted by Gasteiger charge is 2.28. The van der Waals surface area contributed by atoms with E-state index in [0.29, 0.717) is 11.3 Å². The van der Waals surface area contributed by atoms with Gasteiger partial charge in [0, 0.05) is 19.0 Å². The Morgan fingerprint density at radius 3 is 2.58 bits per heavy atom. The molecular formula is C16H23N3O5. The third-order valence-corrected chi connectivity index (χ3v) is 3.48. The minimum atomic E-state index is -0.891. The Hall–Kier alpha value is -2.48. The first kappa shape index (κ1) is 19.6. The molecule has 132 valence electrons. The third-order valence-electron chi connectivity index (χ3n) is 3.48. The van der Waals surface area contributed by atoms with Gasteiger partial charge in [-0.25, -0.2) is 0 Å². The molecule has 8 heteroatoms. The van der Waals surface area contributed by atoms with Gasteiger partial charge in [-0.2, -0.15) is 0 Å². The van der Waals surface area contributed by atoms with Crippen LogP contribution in [0.1, 0.15) is 32.8 Å². The number of hydrogen-bond donors (Lipinski definition) is 2. The largest absolute Gasteiger partial charge is 0.465 e. The SMILES string of the molecule is CCOC(=O)C(C)(C)NCCC(=O)Nc1cccc([N+](=O)[O-])c1C. The highest BCUT2D eigenvalue weighted by Crippen LogP contribution is 2.25. The minimum absolute atomic E-state index is 0.0469. The van der Waals surface area contributed by atoms with Crippen molar-refractivity contribution in [1.82, 2.24) is 5.32 Å². The van der Waals surface area contributed by atoms with Crippen molar-refractivity contribution < 1.29 is 19.2 Å². The van der Waals surface area contributed by atoms with E-state index in [9.17, 15) is 19.7 Å². The van der Waals surface area contributed by atoms with Crippen LogP contribution in [0.15, 0.2) is 18.2 Å². The number of carbonyl (C=O) groups excluding carboxylic acids is 2. The van der Waals surface area contributed by atoms with Crippen LogP contribution in [0.5, 0.6) is 0 Å². The third kappa shape index (κ3) is 5.31. The van der Waals surface area contributed by atoms with E-state index in [1.54, 1.807) is 33.8 Å². The molecule has 0 saturated heterocycles. The Balaban J connectivity index is 2.58. The average molecular weight is 337 g/mol. The van der Waals surface area contributed by atoms with E-state index in [0.717, 1.165) is 0 Å². The summed E-state index contributed by atoms with van der Waals surface area (Å²) in [6.07, 6.45) is 0.116. The second-order valence-corrected chi connectivity index (χ2v) is 5.78. The lowest BCUT2D eigenvalue weighted by molar-refractivity contribution is -0.385. The van der Waals surface area contributed by atoms with Gasteiger partial charge in [0.05, 0.1) is 22.8 Å². The molecule has 8 nitrogen and oxygen atoms in total. The number of amides is 1. The number of rotatable bonds is 8. The fraction of sp³-hybridized carbons (Fsp3) is 0.500. The minimum Gasteiger partial charge on any atom is -0.465 e. The van der Waals surface area contributed by atoms with Crippen molar-refractivity contribution in [2.24, 2.45) is 0 Å². The molecule has 0 aromatic heterocycles. The summed E-state index contributed by atoms with van der Waals surface area (Å²) >= 11 is 0. The fourth-order valence-electron chi connectivity index (χ4n) is 2.04. The smallest absolute Gasteiger partial charge is 0.325 e. The summed E-state index contributed by atoms with van der Waals surface area (Å²) in [7, 11) is 0. The van der Waals surface area contributed by atoms with Crippen molar-refractivity contribution in [3.63, 3.8) is 0 Å². The van der Waals surface area contributed by atoms with Crippen LogP contribution < -0.4 is 10.6 Å². The molecule has 0 fully saturated rings. The molecule has 2 N–H and O–H groups in total. The maximum atomic E-state index is 12.0. The first-order valence-corrected chi connectivity index (χ1v) is 7.65. The van der Waals surface area contributed by atoms with Crippen LogP contribution in [0, 0.1) is 17.0 Å². The monoisotopic (exact) mass is 337 g/mol. The van der Waals surface area contributed by atoms with Crippen molar-refractivity contribution in [2.75, 3.05) is 18.5 Å². The summed E-state index contributed by atoms with van der Waals surface area (Å²) < 4.78 is 4.95. The summed E-state index contributed by atoms with van der Waals surface area (Å²) in [5.41, 5.74) is -0.138. The van der Waals surface area contributed by atoms with Crippen LogP contribution in [0.2, 0.25) is 0 Å². The second-order valence-electron chi connectivity index (χ2n) is 5.78. The van der Waals surface area contributed by atoms with Gasteiger partial charge in [-0.3, -0.25) is 19.7 Å². The fourth-order valence-corrected chi connectivity index (χ4v) is 2.04. The molecule has 0 aliphatic heterocycles. The molecule has 1 amide bonds. The number of anilines is 1. The van der Waals surface area contributed by atoms with E-state index in [2.05, 4.69) is 10.6 Å². The highest BCUT2D eigenvalue weighted by atomic mass is 16.6. The number of carbonyl (C=O) groups is 2. The molecule has 0 spiro atoms. The molecule has 0 atom stereocenters. The number of nitrogens with one attached hydrogen (secondary N) is 2. The molecular weight excluding hydrogens is 314 g/mol. The predicted molar refractivity (Wildman–Crippen MR) is 89.8 cm³/mol. The first-order chi connectivity index (χ1) is 11.2. The zero-order valence-corrected chi connectivity index (χ0v) is 14.3. The van der Waals surface area contributed by atoms with E-state index >= 15 is 0 Å². The number of ether oxygens (including phenoxy) is 1. The van der Waals surface area contributed by atoms with E-state index in [1.807, 2.05) is 0 Å². The van der Waals surface area contributed by atoms with E-state index in [1.165, 1.54) is 12.1 Å². The van der Waals surface area contributed by atoms with Gasteiger partial charge in [-0.15, -0.1) is 0 Å². The van der Waals surface area contributed by atoms with Gasteiger partial charge in [0.15, 0.2) is 0 Å². The zero-order chi connectivity index (χ0) is 18.3. The zero-order valence-electron chi connectivity index (χ0n) is 14.3. The van der Waals surface area contributed by atoms with Crippen LogP contribution in [-0.4, -0.2) is 35.5 Å². The molecule has 1 rings (SSSR count). The van der Waals surface area contributed by atoms with Crippen LogP contribution >= 0.6 is 0 Å². The standard InChI is InChI=1S/C16H23N3O5/c1-5-24-15(21)16(3,4)17-10-9-14(20)18-12-7-6-8-13(11(12)2)19(22)23/h6-8,17H,5,9-10H2,1-4H3,(H,18,20). The van der Waals surface area contributed by atoms with Crippen LogP contribution in [0.3, 0.4) is 0 Å². The normalized spacial score (nSPS) is 11.0. The number of esters is 1. The number of hydrogen-bond acceptors (Lipinski definition) is 6. The van der Waals surface area contributed by atoms with Crippen LogP contribution in [0.4, 0.5) is 11.4 Å². The van der Waals surface area contributed by atoms with Gasteiger partial charge >= 0.3 is 5.97 Å². The number of nitro benzene ring substituents is 1. The lowest BCUT2D eigenvalue weighted by Crippen LogP contribution is -2.48. The summed E-state index contributed by atoms with van der Waals surface area (Å²) in [4.78, 5) is 34.1. The number of nitrogens with zero attached hydrogens (tertiary/aromatic N) is 1. The topological polar surface area (TPSA) is 111 Å². The van der Waals surface area contributed by atoms with Gasteiger partial charge in [-0.1, -0.05) is 6.07 Å². The summed E-state index contributed by atoms with van der Waals surface area (Å²) in [6, 6.07) is 4.51. The Labute approximate surface area is 140 Å². The molecule has 0 aliphatic rings. The average Bonchev–Trinajstić information content (AvgIpc) is 2.49. The predicted octanol–water partition coefficient (Wildman–Crippen LogP) is 2.16. The molecule has 1 aromatic rings. The van der Waals surface area contributed by atoms with Crippen LogP contribution in [-0.2, 0) is 14.3 Å². The molecule has 0 bridgehead atoms. The summed E-state index contributed by atoms with van der Waals surface area (Å²) in [6.45, 7) is 7.21. The first-order valence-electron chi connectivity index (χ1n) is 7.65. The maximum absolute atomic E-state index is 12.0. The molecule has 0 saturated carbocycles. The van der Waals surface area contributed by atoms with Gasteiger partial charge in [0.25, 0.3) is 5.69 Å². The van der Waals surface area contributed by atoms with Crippen molar-refractivity contribution >= 4 is 23.3 Å². The lowest BCUT2D eigenvalue weighted by Gasteiger charge is -2.23. The Morgan fingerprint density at radius 1 is 1.33 bits per heavy atom. The Kier molecular flexibility index (Phi) is 6.84. The lowest BCUT2D eigenvalue weighted by atomic mass is 10.1. The van der Waals surface area contributed by atoms with Gasteiger partial charge in [0.1, 0.15) is 5.54 Å². The van der Waals surface area contributed by atoms with Crippen LogP contribution in [0.25, 0.3) is 0 Å². The Morgan fingerprint density at radius 2 is 2.00 bits per heavy atom. The molecule has 24 heavy (non-hydrogen) atoms.